The smallest absolute Gasteiger partial charge is 0.222 e. The number of ether oxygens (including phenoxy) is 1. The van der Waals surface area contributed by atoms with Gasteiger partial charge in [-0.2, -0.15) is 0 Å². The van der Waals surface area contributed by atoms with E-state index in [4.69, 9.17) is 4.74 Å². The largest absolute Gasteiger partial charge is 0.378 e. The molecule has 0 spiro atoms. The van der Waals surface area contributed by atoms with Crippen molar-refractivity contribution in [2.75, 3.05) is 39.4 Å². The molecule has 4 rings (SSSR count). The lowest BCUT2D eigenvalue weighted by atomic mass is 9.91. The highest BCUT2D eigenvalue weighted by Crippen LogP contribution is 2.27. The number of amides is 1. The maximum atomic E-state index is 12.4. The summed E-state index contributed by atoms with van der Waals surface area (Å²) in [7, 11) is 0. The molecule has 0 unspecified atom stereocenters. The summed E-state index contributed by atoms with van der Waals surface area (Å²) in [4.78, 5) is 20.6. The van der Waals surface area contributed by atoms with Crippen LogP contribution in [-0.4, -0.2) is 60.1 Å². The molecule has 0 aliphatic carbocycles. The zero-order chi connectivity index (χ0) is 19.5. The monoisotopic (exact) mass is 383 g/mol. The van der Waals surface area contributed by atoms with E-state index in [2.05, 4.69) is 41.9 Å². The van der Waals surface area contributed by atoms with Crippen molar-refractivity contribution in [1.29, 1.82) is 0 Å². The lowest BCUT2D eigenvalue weighted by Crippen LogP contribution is -2.41. The summed E-state index contributed by atoms with van der Waals surface area (Å²) in [6, 6.07) is 6.53. The van der Waals surface area contributed by atoms with Crippen LogP contribution in [0.25, 0.3) is 10.9 Å². The average Bonchev–Trinajstić information content (AvgIpc) is 3.05. The molecule has 2 fully saturated rings. The Hall–Kier alpha value is -1.85. The first-order valence-electron chi connectivity index (χ1n) is 10.8. The lowest BCUT2D eigenvalue weighted by Gasteiger charge is -2.32. The van der Waals surface area contributed by atoms with E-state index in [1.165, 1.54) is 40.6 Å². The van der Waals surface area contributed by atoms with Gasteiger partial charge in [-0.1, -0.05) is 18.2 Å². The highest BCUT2D eigenvalue weighted by atomic mass is 16.5. The number of aromatic amines is 1. The van der Waals surface area contributed by atoms with Crippen molar-refractivity contribution >= 4 is 16.8 Å². The van der Waals surface area contributed by atoms with Crippen molar-refractivity contribution in [3.8, 4) is 0 Å². The average molecular weight is 384 g/mol. The van der Waals surface area contributed by atoms with Gasteiger partial charge in [0.25, 0.3) is 0 Å². The van der Waals surface area contributed by atoms with Gasteiger partial charge in [-0.3, -0.25) is 9.69 Å². The van der Waals surface area contributed by atoms with Crippen LogP contribution in [0.4, 0.5) is 0 Å². The number of hydrogen-bond acceptors (Lipinski definition) is 3. The molecular weight excluding hydrogens is 350 g/mol. The molecule has 1 amide bonds. The molecule has 1 N–H and O–H groups in total. The predicted octanol–water partition coefficient (Wildman–Crippen LogP) is 3.64. The van der Waals surface area contributed by atoms with Gasteiger partial charge < -0.3 is 14.6 Å². The number of para-hydroxylation sites is 1. The number of aromatic nitrogens is 1. The van der Waals surface area contributed by atoms with Crippen molar-refractivity contribution in [3.63, 3.8) is 0 Å². The van der Waals surface area contributed by atoms with Crippen molar-refractivity contribution in [2.24, 2.45) is 5.92 Å². The van der Waals surface area contributed by atoms with Gasteiger partial charge in [-0.05, 0) is 63.2 Å². The molecular formula is C23H33N3O2. The molecule has 0 radical (unpaired) electrons. The topological polar surface area (TPSA) is 48.6 Å². The summed E-state index contributed by atoms with van der Waals surface area (Å²) < 4.78 is 5.34. The Bertz CT molecular complexity index is 815. The summed E-state index contributed by atoms with van der Waals surface area (Å²) in [5.41, 5.74) is 5.34. The van der Waals surface area contributed by atoms with E-state index in [0.29, 0.717) is 31.5 Å². The van der Waals surface area contributed by atoms with E-state index < -0.39 is 0 Å². The molecule has 5 nitrogen and oxygen atoms in total. The minimum absolute atomic E-state index is 0.315. The fourth-order valence-corrected chi connectivity index (χ4v) is 4.67. The van der Waals surface area contributed by atoms with Crippen LogP contribution in [0.5, 0.6) is 0 Å². The standard InChI is InChI=1S/C23H33N3O2/c1-17-4-3-5-20-18(2)21(24-23(17)20)16-25-10-8-19(9-11-25)6-7-22(27)26-12-14-28-15-13-26/h3-5,19,24H,6-16H2,1-2H3. The molecule has 5 heteroatoms. The molecule has 2 aliphatic rings. The molecule has 0 atom stereocenters. The number of hydrogen-bond donors (Lipinski definition) is 1. The minimum atomic E-state index is 0.315. The summed E-state index contributed by atoms with van der Waals surface area (Å²) in [5.74, 6) is 1.00. The number of carbonyl (C=O) groups excluding carboxylic acids is 1. The van der Waals surface area contributed by atoms with Gasteiger partial charge in [0, 0.05) is 42.7 Å². The second-order valence-electron chi connectivity index (χ2n) is 8.48. The number of nitrogens with zero attached hydrogens (tertiary/aromatic N) is 2. The van der Waals surface area contributed by atoms with Gasteiger partial charge in [0.15, 0.2) is 0 Å². The van der Waals surface area contributed by atoms with Crippen LogP contribution in [0.1, 0.15) is 42.5 Å². The van der Waals surface area contributed by atoms with E-state index in [1.807, 2.05) is 4.90 Å². The number of fused-ring (bicyclic) bond motifs is 1. The fraction of sp³-hybridized carbons (Fsp3) is 0.609. The Balaban J connectivity index is 1.26. The Kier molecular flexibility index (Phi) is 6.02. The second-order valence-corrected chi connectivity index (χ2v) is 8.48. The Morgan fingerprint density at radius 2 is 1.89 bits per heavy atom. The van der Waals surface area contributed by atoms with Gasteiger partial charge in [-0.25, -0.2) is 0 Å². The number of morpholine rings is 1. The number of piperidine rings is 1. The number of rotatable bonds is 5. The number of aryl methyl sites for hydroxylation is 2. The quantitative estimate of drug-likeness (QED) is 0.858. The van der Waals surface area contributed by atoms with Crippen LogP contribution < -0.4 is 0 Å². The fourth-order valence-electron chi connectivity index (χ4n) is 4.67. The minimum Gasteiger partial charge on any atom is -0.378 e. The van der Waals surface area contributed by atoms with Crippen LogP contribution in [0.3, 0.4) is 0 Å². The third-order valence-electron chi connectivity index (χ3n) is 6.62. The zero-order valence-corrected chi connectivity index (χ0v) is 17.3. The first-order chi connectivity index (χ1) is 13.6. The van der Waals surface area contributed by atoms with Crippen LogP contribution in [0, 0.1) is 19.8 Å². The highest BCUT2D eigenvalue weighted by molar-refractivity contribution is 5.86. The molecule has 1 aromatic carbocycles. The van der Waals surface area contributed by atoms with Crippen molar-refractivity contribution in [3.05, 3.63) is 35.0 Å². The molecule has 2 saturated heterocycles. The molecule has 28 heavy (non-hydrogen) atoms. The summed E-state index contributed by atoms with van der Waals surface area (Å²) in [5, 5.41) is 1.35. The maximum absolute atomic E-state index is 12.4. The van der Waals surface area contributed by atoms with E-state index in [1.54, 1.807) is 0 Å². The normalized spacial score (nSPS) is 19.4. The summed E-state index contributed by atoms with van der Waals surface area (Å²) in [6.07, 6.45) is 4.14. The van der Waals surface area contributed by atoms with E-state index in [-0.39, 0.29) is 0 Å². The van der Waals surface area contributed by atoms with E-state index >= 15 is 0 Å². The van der Waals surface area contributed by atoms with Crippen molar-refractivity contribution in [1.82, 2.24) is 14.8 Å². The first kappa shape index (κ1) is 19.5. The predicted molar refractivity (Wildman–Crippen MR) is 112 cm³/mol. The van der Waals surface area contributed by atoms with Gasteiger partial charge in [-0.15, -0.1) is 0 Å². The summed E-state index contributed by atoms with van der Waals surface area (Å²) >= 11 is 0. The van der Waals surface area contributed by atoms with Crippen LogP contribution in [0.15, 0.2) is 18.2 Å². The van der Waals surface area contributed by atoms with Crippen LogP contribution in [0.2, 0.25) is 0 Å². The third-order valence-corrected chi connectivity index (χ3v) is 6.62. The van der Waals surface area contributed by atoms with Gasteiger partial charge >= 0.3 is 0 Å². The van der Waals surface area contributed by atoms with Crippen molar-refractivity contribution in [2.45, 2.75) is 46.1 Å². The van der Waals surface area contributed by atoms with Crippen molar-refractivity contribution < 1.29 is 9.53 Å². The number of benzene rings is 1. The number of H-pyrrole nitrogens is 1. The first-order valence-corrected chi connectivity index (χ1v) is 10.8. The molecule has 0 bridgehead atoms. The number of likely N-dealkylation sites (tertiary alicyclic amines) is 1. The number of nitrogens with one attached hydrogen (secondary N) is 1. The lowest BCUT2D eigenvalue weighted by molar-refractivity contribution is -0.135. The SMILES string of the molecule is Cc1c(CN2CCC(CCC(=O)N3CCOCC3)CC2)[nH]c2c(C)cccc12. The molecule has 3 heterocycles. The third kappa shape index (κ3) is 4.26. The highest BCUT2D eigenvalue weighted by Gasteiger charge is 2.23. The zero-order valence-electron chi connectivity index (χ0n) is 17.3. The molecule has 2 aliphatic heterocycles. The van der Waals surface area contributed by atoms with E-state index in [9.17, 15) is 4.79 Å². The molecule has 0 saturated carbocycles. The summed E-state index contributed by atoms with van der Waals surface area (Å²) in [6.45, 7) is 10.6. The van der Waals surface area contributed by atoms with E-state index in [0.717, 1.165) is 39.1 Å². The Morgan fingerprint density at radius 3 is 2.61 bits per heavy atom. The molecule has 1 aromatic heterocycles. The maximum Gasteiger partial charge on any atom is 0.222 e. The Morgan fingerprint density at radius 1 is 1.14 bits per heavy atom. The Labute approximate surface area is 168 Å². The number of carbonyl (C=O) groups is 1. The van der Waals surface area contributed by atoms with Gasteiger partial charge in [0.05, 0.1) is 13.2 Å². The van der Waals surface area contributed by atoms with Gasteiger partial charge in [0.2, 0.25) is 5.91 Å². The molecule has 2 aromatic rings. The van der Waals surface area contributed by atoms with Crippen LogP contribution >= 0.6 is 0 Å². The van der Waals surface area contributed by atoms with Crippen LogP contribution in [-0.2, 0) is 16.1 Å². The second kappa shape index (κ2) is 8.66. The molecule has 152 valence electrons. The van der Waals surface area contributed by atoms with Gasteiger partial charge in [0.1, 0.15) is 0 Å².